The molecular formula is C19H21NO6. The molecule has 2 heterocycles. The van der Waals surface area contributed by atoms with Crippen LogP contribution in [0.25, 0.3) is 0 Å². The zero-order valence-electron chi connectivity index (χ0n) is 15.3. The summed E-state index contributed by atoms with van der Waals surface area (Å²) in [6.45, 7) is 0.591. The zero-order chi connectivity index (χ0) is 18.6. The molecule has 0 aromatic heterocycles. The molecule has 0 N–H and O–H groups in total. The van der Waals surface area contributed by atoms with Gasteiger partial charge in [0.05, 0.1) is 34.1 Å². The molecule has 0 saturated carbocycles. The Morgan fingerprint density at radius 3 is 2.42 bits per heavy atom. The Balaban J connectivity index is 2.01. The monoisotopic (exact) mass is 359 g/mol. The van der Waals surface area contributed by atoms with Crippen LogP contribution in [0.2, 0.25) is 0 Å². The van der Waals surface area contributed by atoms with Gasteiger partial charge in [0.1, 0.15) is 5.92 Å². The van der Waals surface area contributed by atoms with Crippen molar-refractivity contribution in [2.24, 2.45) is 5.92 Å². The summed E-state index contributed by atoms with van der Waals surface area (Å²) < 4.78 is 21.9. The zero-order valence-corrected chi connectivity index (χ0v) is 15.3. The van der Waals surface area contributed by atoms with Crippen molar-refractivity contribution in [1.29, 1.82) is 0 Å². The number of benzene rings is 1. The minimum atomic E-state index is -0.605. The lowest BCUT2D eigenvalue weighted by Gasteiger charge is -2.41. The van der Waals surface area contributed by atoms with E-state index >= 15 is 0 Å². The molecule has 0 saturated heterocycles. The van der Waals surface area contributed by atoms with Gasteiger partial charge in [-0.2, -0.15) is 0 Å². The SMILES string of the molecule is COC1=C(OC)[C@@H]2C(=O)N3CCc4cc(OC)c(OC)c(c43)[C@@H]2CC1=O. The molecule has 2 aliphatic heterocycles. The maximum absolute atomic E-state index is 13.3. The minimum absolute atomic E-state index is 0.0626. The average Bonchev–Trinajstić information content (AvgIpc) is 3.08. The van der Waals surface area contributed by atoms with E-state index in [9.17, 15) is 9.59 Å². The van der Waals surface area contributed by atoms with Crippen molar-refractivity contribution in [3.8, 4) is 11.5 Å². The molecule has 0 fully saturated rings. The summed E-state index contributed by atoms with van der Waals surface area (Å²) in [7, 11) is 6.05. The highest BCUT2D eigenvalue weighted by Gasteiger charge is 2.52. The van der Waals surface area contributed by atoms with E-state index in [1.807, 2.05) is 6.07 Å². The van der Waals surface area contributed by atoms with Crippen molar-refractivity contribution in [1.82, 2.24) is 0 Å². The number of Topliss-reactive ketones (excluding diaryl/α,β-unsaturated/α-hetero) is 1. The molecule has 0 unspecified atom stereocenters. The second-order valence-corrected chi connectivity index (χ2v) is 6.59. The van der Waals surface area contributed by atoms with Gasteiger partial charge in [0, 0.05) is 24.4 Å². The van der Waals surface area contributed by atoms with Crippen LogP contribution in [0.1, 0.15) is 23.5 Å². The van der Waals surface area contributed by atoms with Crippen LogP contribution in [-0.2, 0) is 25.5 Å². The molecule has 2 atom stereocenters. The number of ether oxygens (including phenoxy) is 4. The topological polar surface area (TPSA) is 74.3 Å². The largest absolute Gasteiger partial charge is 0.496 e. The van der Waals surface area contributed by atoms with Gasteiger partial charge in [0.2, 0.25) is 17.4 Å². The lowest BCUT2D eigenvalue weighted by Crippen LogP contribution is -2.46. The van der Waals surface area contributed by atoms with E-state index in [1.165, 1.54) is 14.2 Å². The molecule has 138 valence electrons. The molecule has 0 radical (unpaired) electrons. The van der Waals surface area contributed by atoms with Gasteiger partial charge in [-0.05, 0) is 18.1 Å². The number of methoxy groups -OCH3 is 4. The number of carbonyl (C=O) groups excluding carboxylic acids is 2. The summed E-state index contributed by atoms with van der Waals surface area (Å²) in [5.74, 6) is 0.406. The Morgan fingerprint density at radius 2 is 1.81 bits per heavy atom. The van der Waals surface area contributed by atoms with E-state index in [0.29, 0.717) is 23.8 Å². The summed E-state index contributed by atoms with van der Waals surface area (Å²) in [6.07, 6.45) is 0.904. The second-order valence-electron chi connectivity index (χ2n) is 6.59. The Morgan fingerprint density at radius 1 is 1.04 bits per heavy atom. The van der Waals surface area contributed by atoms with Gasteiger partial charge in [0.25, 0.3) is 0 Å². The molecule has 0 bridgehead atoms. The first-order valence-electron chi connectivity index (χ1n) is 8.51. The van der Waals surface area contributed by atoms with Gasteiger partial charge in [0.15, 0.2) is 17.3 Å². The Labute approximate surface area is 151 Å². The maximum atomic E-state index is 13.3. The first kappa shape index (κ1) is 16.8. The van der Waals surface area contributed by atoms with Crippen molar-refractivity contribution in [3.05, 3.63) is 28.7 Å². The summed E-state index contributed by atoms with van der Waals surface area (Å²) >= 11 is 0. The third kappa shape index (κ3) is 2.00. The van der Waals surface area contributed by atoms with Crippen molar-refractivity contribution in [2.75, 3.05) is 39.9 Å². The van der Waals surface area contributed by atoms with Crippen molar-refractivity contribution < 1.29 is 28.5 Å². The molecule has 1 amide bonds. The minimum Gasteiger partial charge on any atom is -0.496 e. The number of ketones is 1. The molecule has 7 nitrogen and oxygen atoms in total. The molecule has 1 aromatic rings. The van der Waals surface area contributed by atoms with Crippen molar-refractivity contribution in [3.63, 3.8) is 0 Å². The van der Waals surface area contributed by atoms with Gasteiger partial charge < -0.3 is 23.8 Å². The predicted molar refractivity (Wildman–Crippen MR) is 92.5 cm³/mol. The van der Waals surface area contributed by atoms with E-state index in [1.54, 1.807) is 19.1 Å². The first-order valence-corrected chi connectivity index (χ1v) is 8.51. The maximum Gasteiger partial charge on any atom is 0.238 e. The number of fused-ring (bicyclic) bond motifs is 2. The van der Waals surface area contributed by atoms with Crippen LogP contribution in [-0.4, -0.2) is 46.7 Å². The van der Waals surface area contributed by atoms with Crippen molar-refractivity contribution >= 4 is 17.4 Å². The van der Waals surface area contributed by atoms with E-state index in [0.717, 1.165) is 23.2 Å². The molecular weight excluding hydrogens is 338 g/mol. The number of rotatable bonds is 4. The highest BCUT2D eigenvalue weighted by molar-refractivity contribution is 6.07. The van der Waals surface area contributed by atoms with Crippen molar-refractivity contribution in [2.45, 2.75) is 18.8 Å². The fourth-order valence-electron chi connectivity index (χ4n) is 4.51. The molecule has 26 heavy (non-hydrogen) atoms. The van der Waals surface area contributed by atoms with E-state index < -0.39 is 5.92 Å². The normalized spacial score (nSPS) is 23.6. The number of nitrogens with zero attached hydrogens (tertiary/aromatic N) is 1. The highest BCUT2D eigenvalue weighted by Crippen LogP contribution is 2.56. The Hall–Kier alpha value is -2.70. The number of allylic oxidation sites excluding steroid dienone is 1. The molecule has 4 rings (SSSR count). The standard InChI is InChI=1S/C19H21NO6/c1-23-12-7-9-5-6-20-15(9)13(17(12)25-3)10-8-11(21)16(24-2)18(26-4)14(10)19(20)22/h7,10,14H,5-6,8H2,1-4H3/t10-,14+/m0/s1. The van der Waals surface area contributed by atoms with E-state index in [4.69, 9.17) is 18.9 Å². The third-order valence-electron chi connectivity index (χ3n) is 5.53. The fourth-order valence-corrected chi connectivity index (χ4v) is 4.51. The lowest BCUT2D eigenvalue weighted by atomic mass is 9.72. The summed E-state index contributed by atoms with van der Waals surface area (Å²) in [5, 5.41) is 0. The van der Waals surface area contributed by atoms with E-state index in [-0.39, 0.29) is 29.8 Å². The quantitative estimate of drug-likeness (QED) is 0.816. The molecule has 1 aliphatic carbocycles. The van der Waals surface area contributed by atoms with Crippen LogP contribution >= 0.6 is 0 Å². The van der Waals surface area contributed by atoms with Gasteiger partial charge in [-0.3, -0.25) is 9.59 Å². The average molecular weight is 359 g/mol. The summed E-state index contributed by atoms with van der Waals surface area (Å²) in [6, 6.07) is 1.92. The molecule has 7 heteroatoms. The smallest absolute Gasteiger partial charge is 0.238 e. The van der Waals surface area contributed by atoms with Crippen LogP contribution in [0.4, 0.5) is 5.69 Å². The molecule has 0 spiro atoms. The van der Waals surface area contributed by atoms with Gasteiger partial charge >= 0.3 is 0 Å². The highest BCUT2D eigenvalue weighted by atomic mass is 16.5. The van der Waals surface area contributed by atoms with Gasteiger partial charge in [-0.25, -0.2) is 0 Å². The lowest BCUT2D eigenvalue weighted by molar-refractivity contribution is -0.127. The number of carbonyl (C=O) groups is 2. The van der Waals surface area contributed by atoms with Crippen LogP contribution in [0.5, 0.6) is 11.5 Å². The van der Waals surface area contributed by atoms with Gasteiger partial charge in [-0.1, -0.05) is 0 Å². The first-order chi connectivity index (χ1) is 12.6. The number of hydrogen-bond acceptors (Lipinski definition) is 6. The number of amides is 1. The van der Waals surface area contributed by atoms with Gasteiger partial charge in [-0.15, -0.1) is 0 Å². The third-order valence-corrected chi connectivity index (χ3v) is 5.53. The van der Waals surface area contributed by atoms with E-state index in [2.05, 4.69) is 0 Å². The van der Waals surface area contributed by atoms with Crippen LogP contribution in [0, 0.1) is 5.92 Å². The van der Waals surface area contributed by atoms with Crippen LogP contribution in [0.15, 0.2) is 17.6 Å². The number of hydrogen-bond donors (Lipinski definition) is 0. The van der Waals surface area contributed by atoms with Crippen LogP contribution in [0.3, 0.4) is 0 Å². The molecule has 1 aromatic carbocycles. The van der Waals surface area contributed by atoms with Crippen LogP contribution < -0.4 is 14.4 Å². The fraction of sp³-hybridized carbons (Fsp3) is 0.474. The summed E-state index contributed by atoms with van der Waals surface area (Å²) in [5.41, 5.74) is 2.75. The Kier molecular flexibility index (Phi) is 3.82. The second kappa shape index (κ2) is 5.93. The molecule has 3 aliphatic rings. The Bertz CT molecular complexity index is 843. The number of anilines is 1. The predicted octanol–water partition coefficient (Wildman–Crippen LogP) is 1.78. The summed E-state index contributed by atoms with van der Waals surface area (Å²) in [4.78, 5) is 27.7.